The average Bonchev–Trinajstić information content (AvgIpc) is 3.15. The SMILES string of the molecule is COc1ccc(CNC(=O)c2ccc(OCc3ccc(Br)s3)c(OC)c2)cn1. The molecular weight excluding hydrogens is 444 g/mol. The fourth-order valence-electron chi connectivity index (χ4n) is 2.43. The lowest BCUT2D eigenvalue weighted by molar-refractivity contribution is 0.0950. The minimum atomic E-state index is -0.206. The Morgan fingerprint density at radius 1 is 1.11 bits per heavy atom. The van der Waals surface area contributed by atoms with Crippen LogP contribution in [0.2, 0.25) is 0 Å². The minimum Gasteiger partial charge on any atom is -0.493 e. The van der Waals surface area contributed by atoms with E-state index in [1.165, 1.54) is 0 Å². The summed E-state index contributed by atoms with van der Waals surface area (Å²) in [7, 11) is 3.11. The Morgan fingerprint density at radius 3 is 2.61 bits per heavy atom. The number of nitrogens with zero attached hydrogens (tertiary/aromatic N) is 1. The number of hydrogen-bond donors (Lipinski definition) is 1. The van der Waals surface area contributed by atoms with Gasteiger partial charge in [-0.2, -0.15) is 0 Å². The predicted octanol–water partition coefficient (Wildman–Crippen LogP) is 4.43. The second-order valence-corrected chi connectivity index (χ2v) is 8.30. The number of ether oxygens (including phenoxy) is 3. The molecule has 1 amide bonds. The monoisotopic (exact) mass is 462 g/mol. The summed E-state index contributed by atoms with van der Waals surface area (Å²) < 4.78 is 17.3. The smallest absolute Gasteiger partial charge is 0.251 e. The lowest BCUT2D eigenvalue weighted by Crippen LogP contribution is -2.22. The van der Waals surface area contributed by atoms with Gasteiger partial charge < -0.3 is 19.5 Å². The van der Waals surface area contributed by atoms with Crippen LogP contribution < -0.4 is 19.5 Å². The highest BCUT2D eigenvalue weighted by molar-refractivity contribution is 9.11. The molecule has 1 aromatic carbocycles. The van der Waals surface area contributed by atoms with Crippen molar-refractivity contribution < 1.29 is 19.0 Å². The molecule has 0 aliphatic heterocycles. The van der Waals surface area contributed by atoms with Crippen molar-refractivity contribution in [2.24, 2.45) is 0 Å². The first-order chi connectivity index (χ1) is 13.6. The molecule has 0 spiro atoms. The lowest BCUT2D eigenvalue weighted by atomic mass is 10.2. The van der Waals surface area contributed by atoms with Crippen LogP contribution in [-0.4, -0.2) is 25.1 Å². The Labute approximate surface area is 175 Å². The summed E-state index contributed by atoms with van der Waals surface area (Å²) in [5.74, 6) is 1.42. The van der Waals surface area contributed by atoms with Gasteiger partial charge >= 0.3 is 0 Å². The Balaban J connectivity index is 1.61. The number of carbonyl (C=O) groups is 1. The summed E-state index contributed by atoms with van der Waals surface area (Å²) in [6, 6.07) is 12.7. The Kier molecular flexibility index (Phi) is 6.89. The van der Waals surface area contributed by atoms with Crippen LogP contribution in [0.25, 0.3) is 0 Å². The van der Waals surface area contributed by atoms with Crippen molar-refractivity contribution in [1.29, 1.82) is 0 Å². The molecule has 2 aromatic heterocycles. The summed E-state index contributed by atoms with van der Waals surface area (Å²) in [5, 5.41) is 2.86. The summed E-state index contributed by atoms with van der Waals surface area (Å²) >= 11 is 5.04. The zero-order chi connectivity index (χ0) is 19.9. The Hall–Kier alpha value is -2.58. The summed E-state index contributed by atoms with van der Waals surface area (Å²) in [6.07, 6.45) is 1.67. The first-order valence-corrected chi connectivity index (χ1v) is 10.0. The third kappa shape index (κ3) is 5.24. The molecule has 0 fully saturated rings. The normalized spacial score (nSPS) is 10.4. The van der Waals surface area contributed by atoms with Gasteiger partial charge in [-0.25, -0.2) is 4.98 Å². The van der Waals surface area contributed by atoms with Gasteiger partial charge in [-0.15, -0.1) is 11.3 Å². The number of pyridine rings is 1. The Morgan fingerprint density at radius 2 is 1.96 bits per heavy atom. The van der Waals surface area contributed by atoms with E-state index in [2.05, 4.69) is 26.2 Å². The number of nitrogens with one attached hydrogen (secondary N) is 1. The van der Waals surface area contributed by atoms with Crippen LogP contribution in [-0.2, 0) is 13.2 Å². The van der Waals surface area contributed by atoms with Crippen LogP contribution in [0.3, 0.4) is 0 Å². The number of benzene rings is 1. The zero-order valence-corrected chi connectivity index (χ0v) is 17.8. The summed E-state index contributed by atoms with van der Waals surface area (Å²) in [5.41, 5.74) is 1.37. The van der Waals surface area contributed by atoms with E-state index >= 15 is 0 Å². The van der Waals surface area contributed by atoms with E-state index in [-0.39, 0.29) is 5.91 Å². The topological polar surface area (TPSA) is 69.7 Å². The highest BCUT2D eigenvalue weighted by Gasteiger charge is 2.12. The molecule has 0 atom stereocenters. The standard InChI is InChI=1S/C20H19BrN2O4S/c1-25-17-9-14(4-6-16(17)27-12-15-5-7-18(21)28-15)20(24)23-11-13-3-8-19(26-2)22-10-13/h3-10H,11-12H2,1-2H3,(H,23,24). The highest BCUT2D eigenvalue weighted by Crippen LogP contribution is 2.30. The quantitative estimate of drug-likeness (QED) is 0.535. The fraction of sp³-hybridized carbons (Fsp3) is 0.200. The second kappa shape index (κ2) is 9.57. The maximum atomic E-state index is 12.4. The van der Waals surface area contributed by atoms with E-state index in [4.69, 9.17) is 14.2 Å². The molecule has 0 saturated heterocycles. The van der Waals surface area contributed by atoms with Gasteiger partial charge in [-0.1, -0.05) is 6.07 Å². The molecule has 0 radical (unpaired) electrons. The van der Waals surface area contributed by atoms with E-state index in [0.29, 0.717) is 36.1 Å². The van der Waals surface area contributed by atoms with Crippen LogP contribution >= 0.6 is 27.3 Å². The number of hydrogen-bond acceptors (Lipinski definition) is 6. The number of methoxy groups -OCH3 is 2. The molecule has 0 saturated carbocycles. The number of thiophene rings is 1. The van der Waals surface area contributed by atoms with Crippen molar-refractivity contribution in [2.75, 3.05) is 14.2 Å². The van der Waals surface area contributed by atoms with Gasteiger partial charge in [-0.05, 0) is 51.8 Å². The van der Waals surface area contributed by atoms with Crippen LogP contribution in [0, 0.1) is 0 Å². The van der Waals surface area contributed by atoms with Crippen molar-refractivity contribution in [1.82, 2.24) is 10.3 Å². The van der Waals surface area contributed by atoms with E-state index in [9.17, 15) is 4.79 Å². The molecule has 3 aromatic rings. The molecule has 0 unspecified atom stereocenters. The van der Waals surface area contributed by atoms with Gasteiger partial charge in [0.1, 0.15) is 6.61 Å². The summed E-state index contributed by atoms with van der Waals surface area (Å²) in [4.78, 5) is 17.7. The number of aromatic nitrogens is 1. The van der Waals surface area contributed by atoms with E-state index in [0.717, 1.165) is 14.2 Å². The number of amides is 1. The molecule has 8 heteroatoms. The molecule has 0 bridgehead atoms. The first kappa shape index (κ1) is 20.2. The Bertz CT molecular complexity index is 944. The van der Waals surface area contributed by atoms with Crippen molar-refractivity contribution >= 4 is 33.2 Å². The second-order valence-electron chi connectivity index (χ2n) is 5.75. The molecule has 28 heavy (non-hydrogen) atoms. The minimum absolute atomic E-state index is 0.206. The maximum absolute atomic E-state index is 12.4. The third-order valence-electron chi connectivity index (χ3n) is 3.88. The van der Waals surface area contributed by atoms with Gasteiger partial charge in [0, 0.05) is 29.2 Å². The number of rotatable bonds is 8. The van der Waals surface area contributed by atoms with Gasteiger partial charge in [0.2, 0.25) is 5.88 Å². The van der Waals surface area contributed by atoms with Crippen molar-refractivity contribution in [3.63, 3.8) is 0 Å². The number of halogens is 1. The van der Waals surface area contributed by atoms with Crippen LogP contribution in [0.1, 0.15) is 20.8 Å². The van der Waals surface area contributed by atoms with Crippen molar-refractivity contribution in [2.45, 2.75) is 13.2 Å². The van der Waals surface area contributed by atoms with Crippen molar-refractivity contribution in [3.8, 4) is 17.4 Å². The zero-order valence-electron chi connectivity index (χ0n) is 15.4. The number of carbonyl (C=O) groups excluding carboxylic acids is 1. The van der Waals surface area contributed by atoms with E-state index in [1.807, 2.05) is 18.2 Å². The largest absolute Gasteiger partial charge is 0.493 e. The van der Waals surface area contributed by atoms with Crippen LogP contribution in [0.15, 0.2) is 52.4 Å². The van der Waals surface area contributed by atoms with E-state index < -0.39 is 0 Å². The third-order valence-corrected chi connectivity index (χ3v) is 5.48. The van der Waals surface area contributed by atoms with Gasteiger partial charge in [-0.3, -0.25) is 4.79 Å². The molecule has 0 aliphatic rings. The maximum Gasteiger partial charge on any atom is 0.251 e. The predicted molar refractivity (Wildman–Crippen MR) is 111 cm³/mol. The van der Waals surface area contributed by atoms with Crippen LogP contribution in [0.4, 0.5) is 0 Å². The summed E-state index contributed by atoms with van der Waals surface area (Å²) in [6.45, 7) is 0.798. The molecule has 6 nitrogen and oxygen atoms in total. The van der Waals surface area contributed by atoms with Gasteiger partial charge in [0.05, 0.1) is 18.0 Å². The van der Waals surface area contributed by atoms with Gasteiger partial charge in [0.25, 0.3) is 5.91 Å². The molecule has 2 heterocycles. The van der Waals surface area contributed by atoms with E-state index in [1.54, 1.807) is 56.0 Å². The first-order valence-electron chi connectivity index (χ1n) is 8.41. The molecule has 1 N–H and O–H groups in total. The molecular formula is C20H19BrN2O4S. The lowest BCUT2D eigenvalue weighted by Gasteiger charge is -2.12. The average molecular weight is 463 g/mol. The molecule has 0 aliphatic carbocycles. The van der Waals surface area contributed by atoms with Crippen molar-refractivity contribution in [3.05, 3.63) is 68.5 Å². The highest BCUT2D eigenvalue weighted by atomic mass is 79.9. The molecule has 3 rings (SSSR count). The van der Waals surface area contributed by atoms with Crippen LogP contribution in [0.5, 0.6) is 17.4 Å². The fourth-order valence-corrected chi connectivity index (χ4v) is 3.82. The molecule has 146 valence electrons. The van der Waals surface area contributed by atoms with Gasteiger partial charge in [0.15, 0.2) is 11.5 Å².